The van der Waals surface area contributed by atoms with Crippen LogP contribution in [0, 0.1) is 5.92 Å². The fourth-order valence-corrected chi connectivity index (χ4v) is 2.73. The third-order valence-electron chi connectivity index (χ3n) is 2.72. The van der Waals surface area contributed by atoms with Crippen LogP contribution in [0.5, 0.6) is 0 Å². The Morgan fingerprint density at radius 2 is 2.24 bits per heavy atom. The highest BCUT2D eigenvalue weighted by atomic mass is 32.2. The number of nitrogen functional groups attached to an aromatic ring is 1. The molecule has 0 radical (unpaired) electrons. The molecule has 0 aliphatic heterocycles. The van der Waals surface area contributed by atoms with Gasteiger partial charge in [-0.05, 0) is 24.5 Å². The number of sulfonamides is 1. The van der Waals surface area contributed by atoms with E-state index in [4.69, 9.17) is 5.84 Å². The molecule has 0 aromatic carbocycles. The van der Waals surface area contributed by atoms with Gasteiger partial charge in [0.05, 0.1) is 5.69 Å². The lowest BCUT2D eigenvalue weighted by atomic mass is 10.3. The Morgan fingerprint density at radius 3 is 2.88 bits per heavy atom. The molecule has 2 rings (SSSR count). The second-order valence-corrected chi connectivity index (χ2v) is 5.81. The number of pyridine rings is 1. The Balaban J connectivity index is 2.06. The molecule has 0 spiro atoms. The van der Waals surface area contributed by atoms with Crippen LogP contribution in [0.25, 0.3) is 0 Å². The van der Waals surface area contributed by atoms with Crippen LogP contribution in [0.1, 0.15) is 19.3 Å². The Bertz CT molecular complexity index is 485. The van der Waals surface area contributed by atoms with Gasteiger partial charge in [-0.25, -0.2) is 18.1 Å². The number of hydrogen-bond acceptors (Lipinski definition) is 5. The van der Waals surface area contributed by atoms with Crippen LogP contribution in [0.2, 0.25) is 0 Å². The summed E-state index contributed by atoms with van der Waals surface area (Å²) in [6, 6.07) is 3.20. The van der Waals surface area contributed by atoms with Gasteiger partial charge in [0.15, 0.2) is 5.03 Å². The van der Waals surface area contributed by atoms with E-state index in [1.54, 1.807) is 12.1 Å². The SMILES string of the molecule is NNc1cccnc1S(=O)(=O)NCCC1CC1. The van der Waals surface area contributed by atoms with Crippen LogP contribution in [0.4, 0.5) is 5.69 Å². The maximum atomic E-state index is 11.9. The molecule has 6 nitrogen and oxygen atoms in total. The molecule has 4 N–H and O–H groups in total. The van der Waals surface area contributed by atoms with Crippen molar-refractivity contribution in [3.05, 3.63) is 18.3 Å². The highest BCUT2D eigenvalue weighted by Crippen LogP contribution is 2.31. The predicted molar refractivity (Wildman–Crippen MR) is 64.6 cm³/mol. The van der Waals surface area contributed by atoms with E-state index < -0.39 is 10.0 Å². The van der Waals surface area contributed by atoms with Gasteiger partial charge in [-0.1, -0.05) is 12.8 Å². The van der Waals surface area contributed by atoms with Crippen LogP contribution >= 0.6 is 0 Å². The van der Waals surface area contributed by atoms with Crippen molar-refractivity contribution < 1.29 is 8.42 Å². The van der Waals surface area contributed by atoms with Gasteiger partial charge < -0.3 is 5.43 Å². The van der Waals surface area contributed by atoms with E-state index in [0.29, 0.717) is 18.2 Å². The van der Waals surface area contributed by atoms with Crippen LogP contribution in [-0.2, 0) is 10.0 Å². The van der Waals surface area contributed by atoms with E-state index in [-0.39, 0.29) is 5.03 Å². The first-order valence-corrected chi connectivity index (χ1v) is 7.03. The molecular weight excluding hydrogens is 240 g/mol. The summed E-state index contributed by atoms with van der Waals surface area (Å²) in [5, 5.41) is -0.0571. The summed E-state index contributed by atoms with van der Waals surface area (Å²) in [5.74, 6) is 5.94. The lowest BCUT2D eigenvalue weighted by Gasteiger charge is -2.09. The molecule has 0 atom stereocenters. The van der Waals surface area contributed by atoms with Gasteiger partial charge in [-0.15, -0.1) is 0 Å². The van der Waals surface area contributed by atoms with E-state index in [0.717, 1.165) is 6.42 Å². The molecule has 0 amide bonds. The first-order chi connectivity index (χ1) is 8.13. The van der Waals surface area contributed by atoms with Crippen molar-refractivity contribution in [2.75, 3.05) is 12.0 Å². The molecule has 1 saturated carbocycles. The molecule has 7 heteroatoms. The largest absolute Gasteiger partial charge is 0.321 e. The van der Waals surface area contributed by atoms with Crippen LogP contribution in [0.15, 0.2) is 23.4 Å². The maximum Gasteiger partial charge on any atom is 0.260 e. The van der Waals surface area contributed by atoms with Crippen LogP contribution in [-0.4, -0.2) is 19.9 Å². The molecule has 17 heavy (non-hydrogen) atoms. The zero-order valence-electron chi connectivity index (χ0n) is 9.39. The van der Waals surface area contributed by atoms with E-state index in [1.807, 2.05) is 0 Å². The van der Waals surface area contributed by atoms with Gasteiger partial charge in [0, 0.05) is 12.7 Å². The van der Waals surface area contributed by atoms with Crippen molar-refractivity contribution in [1.82, 2.24) is 9.71 Å². The molecule has 1 aliphatic rings. The number of hydrogen-bond donors (Lipinski definition) is 3. The van der Waals surface area contributed by atoms with Gasteiger partial charge in [0.2, 0.25) is 0 Å². The number of anilines is 1. The van der Waals surface area contributed by atoms with E-state index in [9.17, 15) is 8.42 Å². The van der Waals surface area contributed by atoms with Gasteiger partial charge in [0.25, 0.3) is 10.0 Å². The second kappa shape index (κ2) is 4.99. The first kappa shape index (κ1) is 12.3. The Hall–Kier alpha value is -1.18. The number of aromatic nitrogens is 1. The zero-order valence-corrected chi connectivity index (χ0v) is 10.2. The average Bonchev–Trinajstić information content (AvgIpc) is 3.13. The summed E-state index contributed by atoms with van der Waals surface area (Å²) in [6.45, 7) is 0.452. The molecule has 0 bridgehead atoms. The van der Waals surface area contributed by atoms with E-state index in [1.165, 1.54) is 19.0 Å². The summed E-state index contributed by atoms with van der Waals surface area (Å²) in [5.41, 5.74) is 2.63. The minimum absolute atomic E-state index is 0.0571. The summed E-state index contributed by atoms with van der Waals surface area (Å²) in [6.07, 6.45) is 4.73. The maximum absolute atomic E-state index is 11.9. The van der Waals surface area contributed by atoms with Gasteiger partial charge in [0.1, 0.15) is 0 Å². The predicted octanol–water partition coefficient (Wildman–Crippen LogP) is 0.446. The lowest BCUT2D eigenvalue weighted by molar-refractivity contribution is 0.572. The average molecular weight is 256 g/mol. The molecule has 1 aromatic rings. The van der Waals surface area contributed by atoms with Crippen molar-refractivity contribution in [3.8, 4) is 0 Å². The second-order valence-electron chi connectivity index (χ2n) is 4.13. The summed E-state index contributed by atoms with van der Waals surface area (Å²) in [7, 11) is -3.57. The van der Waals surface area contributed by atoms with Crippen molar-refractivity contribution >= 4 is 15.7 Å². The number of hydrazine groups is 1. The Kier molecular flexibility index (Phi) is 3.60. The topological polar surface area (TPSA) is 97.1 Å². The monoisotopic (exact) mass is 256 g/mol. The van der Waals surface area contributed by atoms with Gasteiger partial charge >= 0.3 is 0 Å². The fraction of sp³-hybridized carbons (Fsp3) is 0.500. The zero-order chi connectivity index (χ0) is 12.3. The van der Waals surface area contributed by atoms with Crippen molar-refractivity contribution in [3.63, 3.8) is 0 Å². The molecule has 1 heterocycles. The molecule has 0 unspecified atom stereocenters. The standard InChI is InChI=1S/C10H16N4O2S/c11-14-9-2-1-6-12-10(9)17(15,16)13-7-5-8-3-4-8/h1-2,6,8,13-14H,3-5,7,11H2. The van der Waals surface area contributed by atoms with Gasteiger partial charge in [-0.3, -0.25) is 5.84 Å². The molecular formula is C10H16N4O2S. The molecule has 1 aromatic heterocycles. The van der Waals surface area contributed by atoms with E-state index in [2.05, 4.69) is 15.1 Å². The summed E-state index contributed by atoms with van der Waals surface area (Å²) < 4.78 is 26.4. The third kappa shape index (κ3) is 3.15. The molecule has 94 valence electrons. The molecule has 0 saturated heterocycles. The number of nitrogens with zero attached hydrogens (tertiary/aromatic N) is 1. The van der Waals surface area contributed by atoms with Gasteiger partial charge in [-0.2, -0.15) is 0 Å². The fourth-order valence-electron chi connectivity index (χ4n) is 1.59. The quantitative estimate of drug-likeness (QED) is 0.507. The van der Waals surface area contributed by atoms with E-state index >= 15 is 0 Å². The van der Waals surface area contributed by atoms with Crippen LogP contribution < -0.4 is 16.0 Å². The number of nitrogens with two attached hydrogens (primary N) is 1. The highest BCUT2D eigenvalue weighted by Gasteiger charge is 2.23. The molecule has 1 fully saturated rings. The van der Waals surface area contributed by atoms with Crippen molar-refractivity contribution in [2.24, 2.45) is 11.8 Å². The van der Waals surface area contributed by atoms with Crippen molar-refractivity contribution in [1.29, 1.82) is 0 Å². The van der Waals surface area contributed by atoms with Crippen LogP contribution in [0.3, 0.4) is 0 Å². The smallest absolute Gasteiger partial charge is 0.260 e. The minimum Gasteiger partial charge on any atom is -0.321 e. The normalized spacial score (nSPS) is 15.8. The Labute approximate surface area is 101 Å². The number of rotatable bonds is 6. The minimum atomic E-state index is -3.57. The summed E-state index contributed by atoms with van der Waals surface area (Å²) in [4.78, 5) is 3.84. The first-order valence-electron chi connectivity index (χ1n) is 5.55. The third-order valence-corrected chi connectivity index (χ3v) is 4.14. The number of nitrogens with one attached hydrogen (secondary N) is 2. The Morgan fingerprint density at radius 1 is 1.47 bits per heavy atom. The summed E-state index contributed by atoms with van der Waals surface area (Å²) >= 11 is 0. The van der Waals surface area contributed by atoms with Crippen molar-refractivity contribution in [2.45, 2.75) is 24.3 Å². The highest BCUT2D eigenvalue weighted by molar-refractivity contribution is 7.89. The lowest BCUT2D eigenvalue weighted by Crippen LogP contribution is -2.27. The molecule has 1 aliphatic carbocycles.